The maximum atomic E-state index is 5.70. The van der Waals surface area contributed by atoms with E-state index in [4.69, 9.17) is 10.5 Å². The van der Waals surface area contributed by atoms with Gasteiger partial charge in [0, 0.05) is 24.5 Å². The van der Waals surface area contributed by atoms with E-state index >= 15 is 0 Å². The molecule has 0 aliphatic carbocycles. The molecule has 1 rings (SSSR count). The highest BCUT2D eigenvalue weighted by atomic mass is 16.5. The Morgan fingerprint density at radius 2 is 2.06 bits per heavy atom. The summed E-state index contributed by atoms with van der Waals surface area (Å²) >= 11 is 0. The number of ether oxygens (including phenoxy) is 1. The van der Waals surface area contributed by atoms with Gasteiger partial charge in [-0.2, -0.15) is 0 Å². The summed E-state index contributed by atoms with van der Waals surface area (Å²) in [5.74, 6) is 0. The molecule has 0 fully saturated rings. The minimum absolute atomic E-state index is 0.150. The van der Waals surface area contributed by atoms with Crippen molar-refractivity contribution in [1.82, 2.24) is 0 Å². The Morgan fingerprint density at radius 1 is 1.38 bits per heavy atom. The normalized spacial score (nSPS) is 11.5. The van der Waals surface area contributed by atoms with Crippen LogP contribution in [0.25, 0.3) is 0 Å². The minimum atomic E-state index is -0.150. The van der Waals surface area contributed by atoms with Gasteiger partial charge < -0.3 is 15.8 Å². The quantitative estimate of drug-likeness (QED) is 0.753. The van der Waals surface area contributed by atoms with Crippen LogP contribution >= 0.6 is 0 Å². The highest BCUT2D eigenvalue weighted by Gasteiger charge is 2.17. The van der Waals surface area contributed by atoms with Crippen LogP contribution in [0, 0.1) is 6.92 Å². The molecule has 16 heavy (non-hydrogen) atoms. The van der Waals surface area contributed by atoms with Gasteiger partial charge in [-0.15, -0.1) is 0 Å². The lowest BCUT2D eigenvalue weighted by Gasteiger charge is -2.26. The Hall–Kier alpha value is -1.22. The first-order valence-electron chi connectivity index (χ1n) is 5.68. The number of aryl methyl sites for hydroxylation is 1. The van der Waals surface area contributed by atoms with Crippen LogP contribution in [0.2, 0.25) is 0 Å². The molecule has 0 saturated heterocycles. The Bertz CT molecular complexity index is 348. The average molecular weight is 222 g/mol. The number of benzene rings is 1. The molecule has 0 bridgehead atoms. The summed E-state index contributed by atoms with van der Waals surface area (Å²) in [7, 11) is 0. The first-order chi connectivity index (χ1) is 7.44. The highest BCUT2D eigenvalue weighted by Crippen LogP contribution is 2.19. The Balaban J connectivity index is 2.61. The lowest BCUT2D eigenvalue weighted by molar-refractivity contribution is 0.000694. The van der Waals surface area contributed by atoms with Crippen molar-refractivity contribution in [3.05, 3.63) is 23.8 Å². The predicted molar refractivity (Wildman–Crippen MR) is 69.8 cm³/mol. The number of nitrogen functional groups attached to an aromatic ring is 1. The Labute approximate surface area is 98.0 Å². The van der Waals surface area contributed by atoms with E-state index in [2.05, 4.69) is 19.2 Å². The van der Waals surface area contributed by atoms with Gasteiger partial charge in [0.15, 0.2) is 0 Å². The summed E-state index contributed by atoms with van der Waals surface area (Å²) in [6, 6.07) is 5.88. The topological polar surface area (TPSA) is 47.3 Å². The van der Waals surface area contributed by atoms with Crippen LogP contribution in [0.4, 0.5) is 11.4 Å². The third-order valence-electron chi connectivity index (χ3n) is 2.49. The summed E-state index contributed by atoms with van der Waals surface area (Å²) in [5.41, 5.74) is 8.63. The molecule has 0 radical (unpaired) electrons. The predicted octanol–water partition coefficient (Wildman–Crippen LogP) is 2.80. The van der Waals surface area contributed by atoms with Gasteiger partial charge in [0.05, 0.1) is 5.60 Å². The number of nitrogens with one attached hydrogen (secondary N) is 1. The second-order valence-electron chi connectivity index (χ2n) is 4.62. The molecule has 1 aromatic rings. The molecule has 0 saturated carbocycles. The van der Waals surface area contributed by atoms with Crippen LogP contribution in [-0.2, 0) is 4.74 Å². The monoisotopic (exact) mass is 222 g/mol. The molecule has 0 spiro atoms. The van der Waals surface area contributed by atoms with Crippen molar-refractivity contribution in [3.63, 3.8) is 0 Å². The molecular weight excluding hydrogens is 200 g/mol. The molecule has 0 aromatic heterocycles. The van der Waals surface area contributed by atoms with Crippen molar-refractivity contribution in [2.75, 3.05) is 24.2 Å². The zero-order valence-electron chi connectivity index (χ0n) is 10.6. The summed E-state index contributed by atoms with van der Waals surface area (Å²) in [6.45, 7) is 9.73. The van der Waals surface area contributed by atoms with Gasteiger partial charge in [-0.05, 0) is 51.5 Å². The van der Waals surface area contributed by atoms with Gasteiger partial charge in [0.1, 0.15) is 0 Å². The fourth-order valence-corrected chi connectivity index (χ4v) is 1.64. The molecule has 3 nitrogen and oxygen atoms in total. The van der Waals surface area contributed by atoms with Crippen LogP contribution in [0.15, 0.2) is 18.2 Å². The van der Waals surface area contributed by atoms with Gasteiger partial charge in [0.2, 0.25) is 0 Å². The molecule has 3 heteroatoms. The molecule has 90 valence electrons. The summed E-state index contributed by atoms with van der Waals surface area (Å²) in [4.78, 5) is 0. The van der Waals surface area contributed by atoms with Gasteiger partial charge >= 0.3 is 0 Å². The van der Waals surface area contributed by atoms with Gasteiger partial charge in [0.25, 0.3) is 0 Å². The van der Waals surface area contributed by atoms with Crippen molar-refractivity contribution >= 4 is 11.4 Å². The standard InChI is InChI=1S/C13H22N2O/c1-5-16-13(3,4)9-15-12-7-6-11(14)8-10(12)2/h6-8,15H,5,9,14H2,1-4H3. The van der Waals surface area contributed by atoms with E-state index in [1.165, 1.54) is 0 Å². The lowest BCUT2D eigenvalue weighted by Crippen LogP contribution is -2.33. The summed E-state index contributed by atoms with van der Waals surface area (Å²) < 4.78 is 5.63. The van der Waals surface area contributed by atoms with Crippen LogP contribution in [0.3, 0.4) is 0 Å². The molecule has 1 aromatic carbocycles. The number of nitrogens with two attached hydrogens (primary N) is 1. The second-order valence-corrected chi connectivity index (χ2v) is 4.62. The van der Waals surface area contributed by atoms with Crippen molar-refractivity contribution in [2.45, 2.75) is 33.3 Å². The third-order valence-corrected chi connectivity index (χ3v) is 2.49. The van der Waals surface area contributed by atoms with E-state index in [1.807, 2.05) is 32.0 Å². The molecule has 0 unspecified atom stereocenters. The summed E-state index contributed by atoms with van der Waals surface area (Å²) in [5, 5.41) is 3.38. The zero-order valence-corrected chi connectivity index (χ0v) is 10.6. The highest BCUT2D eigenvalue weighted by molar-refractivity contribution is 5.57. The van der Waals surface area contributed by atoms with Crippen LogP contribution in [0.5, 0.6) is 0 Å². The Kier molecular flexibility index (Phi) is 4.19. The maximum absolute atomic E-state index is 5.70. The number of anilines is 2. The molecule has 0 heterocycles. The average Bonchev–Trinajstić information content (AvgIpc) is 2.16. The number of rotatable bonds is 5. The van der Waals surface area contributed by atoms with E-state index in [-0.39, 0.29) is 5.60 Å². The second kappa shape index (κ2) is 5.21. The van der Waals surface area contributed by atoms with Crippen molar-refractivity contribution in [1.29, 1.82) is 0 Å². The zero-order chi connectivity index (χ0) is 12.2. The molecular formula is C13H22N2O. The van der Waals surface area contributed by atoms with E-state index in [9.17, 15) is 0 Å². The largest absolute Gasteiger partial charge is 0.399 e. The van der Waals surface area contributed by atoms with Crippen molar-refractivity contribution in [3.8, 4) is 0 Å². The summed E-state index contributed by atoms with van der Waals surface area (Å²) in [6.07, 6.45) is 0. The molecule has 0 amide bonds. The number of hydrogen-bond donors (Lipinski definition) is 2. The van der Waals surface area contributed by atoms with Crippen molar-refractivity contribution < 1.29 is 4.74 Å². The van der Waals surface area contributed by atoms with Crippen LogP contribution in [-0.4, -0.2) is 18.8 Å². The minimum Gasteiger partial charge on any atom is -0.399 e. The van der Waals surface area contributed by atoms with E-state index in [1.54, 1.807) is 0 Å². The molecule has 0 aliphatic heterocycles. The number of hydrogen-bond acceptors (Lipinski definition) is 3. The smallest absolute Gasteiger partial charge is 0.0797 e. The first-order valence-corrected chi connectivity index (χ1v) is 5.68. The fourth-order valence-electron chi connectivity index (χ4n) is 1.64. The van der Waals surface area contributed by atoms with E-state index in [0.717, 1.165) is 30.1 Å². The van der Waals surface area contributed by atoms with Gasteiger partial charge in [-0.1, -0.05) is 0 Å². The van der Waals surface area contributed by atoms with Gasteiger partial charge in [-0.25, -0.2) is 0 Å². The Morgan fingerprint density at radius 3 is 2.62 bits per heavy atom. The van der Waals surface area contributed by atoms with E-state index in [0.29, 0.717) is 0 Å². The van der Waals surface area contributed by atoms with Gasteiger partial charge in [-0.3, -0.25) is 0 Å². The molecule has 0 atom stereocenters. The third kappa shape index (κ3) is 3.74. The van der Waals surface area contributed by atoms with Crippen molar-refractivity contribution in [2.24, 2.45) is 0 Å². The van der Waals surface area contributed by atoms with E-state index < -0.39 is 0 Å². The molecule has 3 N–H and O–H groups in total. The lowest BCUT2D eigenvalue weighted by atomic mass is 10.1. The molecule has 0 aliphatic rings. The fraction of sp³-hybridized carbons (Fsp3) is 0.538. The SMILES string of the molecule is CCOC(C)(C)CNc1ccc(N)cc1C. The maximum Gasteiger partial charge on any atom is 0.0797 e. The van der Waals surface area contributed by atoms with Crippen LogP contribution < -0.4 is 11.1 Å². The first kappa shape index (κ1) is 12.8. The van der Waals surface area contributed by atoms with Crippen LogP contribution in [0.1, 0.15) is 26.3 Å².